The number of thioether (sulfide) groups is 1. The standard InChI is InChI=1S/C16H18BrNOS/c1-18-12-13-6-5-9-15(17)16(13)19-10-11-20-14-7-3-2-4-8-14/h2-9,18H,10-12H2,1H3. The molecule has 1 N–H and O–H groups in total. The fourth-order valence-corrected chi connectivity index (χ4v) is 3.14. The van der Waals surface area contributed by atoms with Gasteiger partial charge < -0.3 is 10.1 Å². The van der Waals surface area contributed by atoms with Crippen LogP contribution in [0.1, 0.15) is 5.56 Å². The van der Waals surface area contributed by atoms with Crippen molar-refractivity contribution in [1.82, 2.24) is 5.32 Å². The van der Waals surface area contributed by atoms with Gasteiger partial charge in [0.15, 0.2) is 0 Å². The van der Waals surface area contributed by atoms with Crippen molar-refractivity contribution in [3.05, 3.63) is 58.6 Å². The molecular weight excluding hydrogens is 334 g/mol. The summed E-state index contributed by atoms with van der Waals surface area (Å²) in [7, 11) is 1.94. The topological polar surface area (TPSA) is 21.3 Å². The quantitative estimate of drug-likeness (QED) is 0.592. The maximum absolute atomic E-state index is 5.93. The second-order valence-electron chi connectivity index (χ2n) is 4.27. The molecule has 2 aromatic rings. The molecule has 0 aromatic heterocycles. The minimum absolute atomic E-state index is 0.693. The van der Waals surface area contributed by atoms with Gasteiger partial charge in [-0.1, -0.05) is 30.3 Å². The zero-order valence-corrected chi connectivity index (χ0v) is 13.8. The van der Waals surface area contributed by atoms with Crippen LogP contribution in [0.15, 0.2) is 57.9 Å². The second kappa shape index (κ2) is 8.35. The van der Waals surface area contributed by atoms with E-state index >= 15 is 0 Å². The molecule has 0 atom stereocenters. The van der Waals surface area contributed by atoms with Crippen LogP contribution < -0.4 is 10.1 Å². The molecule has 0 aliphatic carbocycles. The normalized spacial score (nSPS) is 10.5. The Balaban J connectivity index is 1.87. The Hall–Kier alpha value is -0.970. The number of benzene rings is 2. The number of rotatable bonds is 7. The minimum atomic E-state index is 0.693. The molecule has 0 aliphatic rings. The van der Waals surface area contributed by atoms with Gasteiger partial charge in [0.1, 0.15) is 5.75 Å². The lowest BCUT2D eigenvalue weighted by atomic mass is 10.2. The number of halogens is 1. The van der Waals surface area contributed by atoms with Crippen LogP contribution in [0.25, 0.3) is 0 Å². The SMILES string of the molecule is CNCc1cccc(Br)c1OCCSc1ccccc1. The van der Waals surface area contributed by atoms with Crippen LogP contribution in [0.3, 0.4) is 0 Å². The van der Waals surface area contributed by atoms with Gasteiger partial charge in [-0.25, -0.2) is 0 Å². The molecule has 0 heterocycles. The summed E-state index contributed by atoms with van der Waals surface area (Å²) in [5.74, 6) is 1.88. The molecule has 0 spiro atoms. The van der Waals surface area contributed by atoms with E-state index < -0.39 is 0 Å². The first kappa shape index (κ1) is 15.4. The highest BCUT2D eigenvalue weighted by Gasteiger charge is 2.07. The molecule has 20 heavy (non-hydrogen) atoms. The summed E-state index contributed by atoms with van der Waals surface area (Å²) in [6.07, 6.45) is 0. The lowest BCUT2D eigenvalue weighted by Gasteiger charge is -2.13. The molecule has 2 aromatic carbocycles. The van der Waals surface area contributed by atoms with Gasteiger partial charge in [0.05, 0.1) is 11.1 Å². The maximum Gasteiger partial charge on any atom is 0.137 e. The van der Waals surface area contributed by atoms with Crippen LogP contribution in [0.4, 0.5) is 0 Å². The molecule has 2 nitrogen and oxygen atoms in total. The van der Waals surface area contributed by atoms with E-state index in [1.54, 1.807) is 0 Å². The van der Waals surface area contributed by atoms with Crippen LogP contribution in [0, 0.1) is 0 Å². The Morgan fingerprint density at radius 2 is 1.90 bits per heavy atom. The summed E-state index contributed by atoms with van der Waals surface area (Å²) in [5.41, 5.74) is 1.17. The van der Waals surface area contributed by atoms with E-state index in [1.165, 1.54) is 10.5 Å². The third-order valence-electron chi connectivity index (χ3n) is 2.76. The second-order valence-corrected chi connectivity index (χ2v) is 6.29. The fourth-order valence-electron chi connectivity index (χ4n) is 1.86. The lowest BCUT2D eigenvalue weighted by molar-refractivity contribution is 0.337. The van der Waals surface area contributed by atoms with Crippen molar-refractivity contribution in [3.63, 3.8) is 0 Å². The van der Waals surface area contributed by atoms with Gasteiger partial charge in [-0.15, -0.1) is 11.8 Å². The number of ether oxygens (including phenoxy) is 1. The van der Waals surface area contributed by atoms with Crippen LogP contribution in [0.5, 0.6) is 5.75 Å². The molecule has 0 aliphatic heterocycles. The predicted molar refractivity (Wildman–Crippen MR) is 89.6 cm³/mol. The Bertz CT molecular complexity index is 533. The molecule has 0 bridgehead atoms. The first-order valence-electron chi connectivity index (χ1n) is 6.54. The van der Waals surface area contributed by atoms with E-state index in [1.807, 2.05) is 37.0 Å². The van der Waals surface area contributed by atoms with E-state index in [-0.39, 0.29) is 0 Å². The van der Waals surface area contributed by atoms with Gasteiger partial charge in [0, 0.05) is 22.8 Å². The highest BCUT2D eigenvalue weighted by Crippen LogP contribution is 2.29. The van der Waals surface area contributed by atoms with E-state index in [0.717, 1.165) is 22.5 Å². The molecule has 0 radical (unpaired) electrons. The summed E-state index contributed by atoms with van der Waals surface area (Å²) in [5, 5.41) is 3.16. The summed E-state index contributed by atoms with van der Waals surface area (Å²) in [6.45, 7) is 1.50. The van der Waals surface area contributed by atoms with Gasteiger partial charge in [-0.3, -0.25) is 0 Å². The minimum Gasteiger partial charge on any atom is -0.491 e. The summed E-state index contributed by atoms with van der Waals surface area (Å²) in [4.78, 5) is 1.28. The van der Waals surface area contributed by atoms with Gasteiger partial charge in [-0.05, 0) is 41.2 Å². The number of hydrogen-bond acceptors (Lipinski definition) is 3. The van der Waals surface area contributed by atoms with Crippen molar-refractivity contribution in [3.8, 4) is 5.75 Å². The molecule has 0 saturated heterocycles. The van der Waals surface area contributed by atoms with E-state index in [0.29, 0.717) is 6.61 Å². The van der Waals surface area contributed by atoms with Crippen molar-refractivity contribution in [2.45, 2.75) is 11.4 Å². The largest absolute Gasteiger partial charge is 0.491 e. The Kier molecular flexibility index (Phi) is 6.43. The molecule has 0 fully saturated rings. The molecular formula is C16H18BrNOS. The average Bonchev–Trinajstić information content (AvgIpc) is 2.47. The van der Waals surface area contributed by atoms with Gasteiger partial charge in [-0.2, -0.15) is 0 Å². The first-order chi connectivity index (χ1) is 9.81. The van der Waals surface area contributed by atoms with Crippen LogP contribution in [-0.4, -0.2) is 19.4 Å². The van der Waals surface area contributed by atoms with Crippen molar-refractivity contribution < 1.29 is 4.74 Å². The predicted octanol–water partition coefficient (Wildman–Crippen LogP) is 4.34. The molecule has 0 amide bonds. The van der Waals surface area contributed by atoms with E-state index in [4.69, 9.17) is 4.74 Å². The zero-order chi connectivity index (χ0) is 14.2. The molecule has 106 valence electrons. The molecule has 2 rings (SSSR count). The van der Waals surface area contributed by atoms with Crippen LogP contribution in [0.2, 0.25) is 0 Å². The molecule has 0 saturated carbocycles. The number of hydrogen-bond donors (Lipinski definition) is 1. The van der Waals surface area contributed by atoms with Gasteiger partial charge in [0.25, 0.3) is 0 Å². The fraction of sp³-hybridized carbons (Fsp3) is 0.250. The summed E-state index contributed by atoms with van der Waals surface area (Å²) in [6, 6.07) is 16.5. The average molecular weight is 352 g/mol. The summed E-state index contributed by atoms with van der Waals surface area (Å²) >= 11 is 5.36. The van der Waals surface area contributed by atoms with Crippen molar-refractivity contribution >= 4 is 27.7 Å². The Morgan fingerprint density at radius 3 is 2.65 bits per heavy atom. The molecule has 0 unspecified atom stereocenters. The first-order valence-corrected chi connectivity index (χ1v) is 8.31. The van der Waals surface area contributed by atoms with Crippen molar-refractivity contribution in [2.24, 2.45) is 0 Å². The van der Waals surface area contributed by atoms with Gasteiger partial charge in [0.2, 0.25) is 0 Å². The highest BCUT2D eigenvalue weighted by molar-refractivity contribution is 9.10. The Labute approximate surface area is 133 Å². The zero-order valence-electron chi connectivity index (χ0n) is 11.4. The molecule has 4 heteroatoms. The smallest absolute Gasteiger partial charge is 0.137 e. The lowest BCUT2D eigenvalue weighted by Crippen LogP contribution is -2.09. The third-order valence-corrected chi connectivity index (χ3v) is 4.36. The third kappa shape index (κ3) is 4.54. The highest BCUT2D eigenvalue weighted by atomic mass is 79.9. The maximum atomic E-state index is 5.93. The van der Waals surface area contributed by atoms with Crippen LogP contribution in [-0.2, 0) is 6.54 Å². The van der Waals surface area contributed by atoms with Crippen molar-refractivity contribution in [1.29, 1.82) is 0 Å². The van der Waals surface area contributed by atoms with Crippen LogP contribution >= 0.6 is 27.7 Å². The number of nitrogens with one attached hydrogen (secondary N) is 1. The monoisotopic (exact) mass is 351 g/mol. The van der Waals surface area contributed by atoms with E-state index in [2.05, 4.69) is 51.6 Å². The van der Waals surface area contributed by atoms with Crippen molar-refractivity contribution in [2.75, 3.05) is 19.4 Å². The summed E-state index contributed by atoms with van der Waals surface area (Å²) < 4.78 is 6.94. The number of para-hydroxylation sites is 1. The Morgan fingerprint density at radius 1 is 1.10 bits per heavy atom. The van der Waals surface area contributed by atoms with E-state index in [9.17, 15) is 0 Å². The van der Waals surface area contributed by atoms with Gasteiger partial charge >= 0.3 is 0 Å².